The van der Waals surface area contributed by atoms with Crippen molar-refractivity contribution in [2.24, 2.45) is 5.92 Å². The van der Waals surface area contributed by atoms with Gasteiger partial charge in [0.05, 0.1) is 5.92 Å². The second-order valence-corrected chi connectivity index (χ2v) is 5.20. The molecule has 0 aliphatic carbocycles. The van der Waals surface area contributed by atoms with Crippen molar-refractivity contribution < 1.29 is 14.7 Å². The van der Waals surface area contributed by atoms with Crippen molar-refractivity contribution in [2.75, 3.05) is 6.54 Å². The Morgan fingerprint density at radius 2 is 2.05 bits per heavy atom. The zero-order valence-electron chi connectivity index (χ0n) is 11.7. The van der Waals surface area contributed by atoms with Crippen molar-refractivity contribution in [1.82, 2.24) is 4.90 Å². The lowest BCUT2D eigenvalue weighted by Gasteiger charge is -2.21. The minimum Gasteiger partial charge on any atom is -0.481 e. The van der Waals surface area contributed by atoms with E-state index in [4.69, 9.17) is 5.11 Å². The number of aryl methyl sites for hydroxylation is 1. The number of benzene rings is 1. The van der Waals surface area contributed by atoms with Crippen molar-refractivity contribution in [1.29, 1.82) is 0 Å². The van der Waals surface area contributed by atoms with Gasteiger partial charge in [-0.3, -0.25) is 9.59 Å². The smallest absolute Gasteiger partial charge is 0.308 e. The van der Waals surface area contributed by atoms with Gasteiger partial charge in [0.2, 0.25) is 5.91 Å². The number of hydrogen-bond donors (Lipinski definition) is 1. The highest BCUT2D eigenvalue weighted by molar-refractivity contribution is 5.93. The molecule has 1 aromatic carbocycles. The molecule has 0 saturated carbocycles. The maximum absolute atomic E-state index is 12.2. The summed E-state index contributed by atoms with van der Waals surface area (Å²) in [5.74, 6) is -1.40. The lowest BCUT2D eigenvalue weighted by molar-refractivity contribution is -0.142. The summed E-state index contributed by atoms with van der Waals surface area (Å²) in [6.07, 6.45) is 3.85. The van der Waals surface area contributed by atoms with E-state index in [2.05, 4.69) is 0 Å². The minimum absolute atomic E-state index is 0.121. The molecule has 1 aliphatic rings. The molecule has 1 aliphatic heterocycles. The van der Waals surface area contributed by atoms with E-state index >= 15 is 0 Å². The van der Waals surface area contributed by atoms with Gasteiger partial charge in [0.25, 0.3) is 0 Å². The maximum Gasteiger partial charge on any atom is 0.308 e. The van der Waals surface area contributed by atoms with Crippen molar-refractivity contribution >= 4 is 18.0 Å². The molecule has 0 spiro atoms. The van der Waals surface area contributed by atoms with Crippen molar-refractivity contribution in [3.8, 4) is 0 Å². The van der Waals surface area contributed by atoms with Crippen LogP contribution in [0.3, 0.4) is 0 Å². The summed E-state index contributed by atoms with van der Waals surface area (Å²) in [5, 5.41) is 9.07. The Morgan fingerprint density at radius 3 is 2.65 bits per heavy atom. The molecule has 0 bridgehead atoms. The molecule has 1 fully saturated rings. The van der Waals surface area contributed by atoms with Gasteiger partial charge in [-0.25, -0.2) is 0 Å². The number of hydrogen-bond acceptors (Lipinski definition) is 2. The first-order valence-electron chi connectivity index (χ1n) is 6.78. The molecule has 2 unspecified atom stereocenters. The predicted octanol–water partition coefficient (Wildman–Crippen LogP) is 2.33. The third kappa shape index (κ3) is 2.90. The molecule has 106 valence electrons. The maximum atomic E-state index is 12.2. The first-order chi connectivity index (χ1) is 9.50. The van der Waals surface area contributed by atoms with Crippen LogP contribution in [-0.2, 0) is 9.59 Å². The Kier molecular flexibility index (Phi) is 4.23. The zero-order chi connectivity index (χ0) is 14.7. The van der Waals surface area contributed by atoms with Gasteiger partial charge in [-0.05, 0) is 37.5 Å². The molecular formula is C16H19NO3. The number of amides is 1. The zero-order valence-corrected chi connectivity index (χ0v) is 11.7. The average Bonchev–Trinajstić information content (AvgIpc) is 2.79. The van der Waals surface area contributed by atoms with E-state index in [-0.39, 0.29) is 11.9 Å². The first kappa shape index (κ1) is 14.3. The molecule has 1 amide bonds. The molecule has 4 heteroatoms. The number of nitrogens with zero attached hydrogens (tertiary/aromatic N) is 1. The third-order valence-corrected chi connectivity index (χ3v) is 3.95. The summed E-state index contributed by atoms with van der Waals surface area (Å²) < 4.78 is 0. The van der Waals surface area contributed by atoms with Crippen molar-refractivity contribution in [3.63, 3.8) is 0 Å². The number of aliphatic carboxylic acids is 1. The number of carboxylic acid groups (broad SMARTS) is 1. The van der Waals surface area contributed by atoms with Gasteiger partial charge in [-0.1, -0.05) is 24.3 Å². The second-order valence-electron chi connectivity index (χ2n) is 5.20. The Labute approximate surface area is 118 Å². The number of carboxylic acids is 1. The van der Waals surface area contributed by atoms with Crippen LogP contribution in [0.1, 0.15) is 24.5 Å². The SMILES string of the molecule is Cc1ccccc1C=CC(=O)N1CCC(C(=O)O)C1C. The summed E-state index contributed by atoms with van der Waals surface area (Å²) in [5.41, 5.74) is 2.11. The minimum atomic E-state index is -0.823. The molecule has 0 aromatic heterocycles. The highest BCUT2D eigenvalue weighted by atomic mass is 16.4. The number of likely N-dealkylation sites (tertiary alicyclic amines) is 1. The van der Waals surface area contributed by atoms with E-state index in [0.717, 1.165) is 11.1 Å². The van der Waals surface area contributed by atoms with Gasteiger partial charge >= 0.3 is 5.97 Å². The molecule has 1 saturated heterocycles. The van der Waals surface area contributed by atoms with Crippen LogP contribution >= 0.6 is 0 Å². The first-order valence-corrected chi connectivity index (χ1v) is 6.78. The summed E-state index contributed by atoms with van der Waals surface area (Å²) in [7, 11) is 0. The fourth-order valence-corrected chi connectivity index (χ4v) is 2.61. The monoisotopic (exact) mass is 273 g/mol. The summed E-state index contributed by atoms with van der Waals surface area (Å²) >= 11 is 0. The second kappa shape index (κ2) is 5.90. The van der Waals surface area contributed by atoms with E-state index in [1.54, 1.807) is 17.9 Å². The third-order valence-electron chi connectivity index (χ3n) is 3.95. The quantitative estimate of drug-likeness (QED) is 0.860. The lowest BCUT2D eigenvalue weighted by atomic mass is 10.0. The fraction of sp³-hybridized carbons (Fsp3) is 0.375. The van der Waals surface area contributed by atoms with Crippen LogP contribution in [0.25, 0.3) is 6.08 Å². The van der Waals surface area contributed by atoms with Gasteiger partial charge in [-0.15, -0.1) is 0 Å². The van der Waals surface area contributed by atoms with Gasteiger partial charge in [0.15, 0.2) is 0 Å². The van der Waals surface area contributed by atoms with Crippen LogP contribution in [-0.4, -0.2) is 34.5 Å². The highest BCUT2D eigenvalue weighted by Gasteiger charge is 2.37. The van der Waals surface area contributed by atoms with E-state index in [9.17, 15) is 9.59 Å². The van der Waals surface area contributed by atoms with Crippen LogP contribution < -0.4 is 0 Å². The Hall–Kier alpha value is -2.10. The summed E-state index contributed by atoms with van der Waals surface area (Å²) in [6.45, 7) is 4.30. The van der Waals surface area contributed by atoms with Crippen LogP contribution in [0.15, 0.2) is 30.3 Å². The van der Waals surface area contributed by atoms with Crippen LogP contribution in [0.4, 0.5) is 0 Å². The normalized spacial score (nSPS) is 22.4. The largest absolute Gasteiger partial charge is 0.481 e. The molecular weight excluding hydrogens is 254 g/mol. The van der Waals surface area contributed by atoms with E-state index in [1.165, 1.54) is 6.08 Å². The number of rotatable bonds is 3. The van der Waals surface area contributed by atoms with Gasteiger partial charge in [0.1, 0.15) is 0 Å². The fourth-order valence-electron chi connectivity index (χ4n) is 2.61. The van der Waals surface area contributed by atoms with Crippen LogP contribution in [0, 0.1) is 12.8 Å². The molecule has 1 aromatic rings. The molecule has 2 rings (SSSR count). The molecule has 0 radical (unpaired) electrons. The number of carbonyl (C=O) groups excluding carboxylic acids is 1. The molecule has 4 nitrogen and oxygen atoms in total. The summed E-state index contributed by atoms with van der Waals surface area (Å²) in [6, 6.07) is 7.57. The molecule has 1 N–H and O–H groups in total. The van der Waals surface area contributed by atoms with Crippen molar-refractivity contribution in [2.45, 2.75) is 26.3 Å². The Bertz CT molecular complexity index is 550. The molecule has 2 atom stereocenters. The van der Waals surface area contributed by atoms with Gasteiger partial charge in [0, 0.05) is 18.7 Å². The van der Waals surface area contributed by atoms with E-state index in [1.807, 2.05) is 31.2 Å². The summed E-state index contributed by atoms with van der Waals surface area (Å²) in [4.78, 5) is 24.8. The topological polar surface area (TPSA) is 57.6 Å². The average molecular weight is 273 g/mol. The van der Waals surface area contributed by atoms with E-state index < -0.39 is 11.9 Å². The highest BCUT2D eigenvalue weighted by Crippen LogP contribution is 2.24. The van der Waals surface area contributed by atoms with Crippen molar-refractivity contribution in [3.05, 3.63) is 41.5 Å². The standard InChI is InChI=1S/C16H19NO3/c1-11-5-3-4-6-13(11)7-8-15(18)17-10-9-14(12(17)2)16(19)20/h3-8,12,14H,9-10H2,1-2H3,(H,19,20). The molecule has 20 heavy (non-hydrogen) atoms. The Balaban J connectivity index is 2.06. The van der Waals surface area contributed by atoms with E-state index in [0.29, 0.717) is 13.0 Å². The molecule has 1 heterocycles. The van der Waals surface area contributed by atoms with Gasteiger partial charge < -0.3 is 10.0 Å². The predicted molar refractivity (Wildman–Crippen MR) is 77.1 cm³/mol. The lowest BCUT2D eigenvalue weighted by Crippen LogP contribution is -2.36. The Morgan fingerprint density at radius 1 is 1.35 bits per heavy atom. The van der Waals surface area contributed by atoms with Crippen LogP contribution in [0.5, 0.6) is 0 Å². The van der Waals surface area contributed by atoms with Crippen LogP contribution in [0.2, 0.25) is 0 Å². The van der Waals surface area contributed by atoms with Gasteiger partial charge in [-0.2, -0.15) is 0 Å². The number of carbonyl (C=O) groups is 2.